The van der Waals surface area contributed by atoms with Crippen LogP contribution in [0.2, 0.25) is 0 Å². The first kappa shape index (κ1) is 15.5. The van der Waals surface area contributed by atoms with Gasteiger partial charge < -0.3 is 19.9 Å². The lowest BCUT2D eigenvalue weighted by Crippen LogP contribution is -2.37. The number of amides is 1. The number of thiazole rings is 1. The summed E-state index contributed by atoms with van der Waals surface area (Å²) in [6.07, 6.45) is -1.06. The molecule has 106 valence electrons. The molecule has 0 saturated carbocycles. The zero-order valence-corrected chi connectivity index (χ0v) is 11.7. The molecule has 0 aliphatic heterocycles. The van der Waals surface area contributed by atoms with Crippen molar-refractivity contribution in [2.75, 3.05) is 20.8 Å². The first-order valence-electron chi connectivity index (χ1n) is 5.48. The van der Waals surface area contributed by atoms with Crippen LogP contribution in [-0.2, 0) is 20.9 Å². The molecular formula is C11H16N2O5S. The van der Waals surface area contributed by atoms with Gasteiger partial charge in [0.05, 0.1) is 18.8 Å². The molecule has 1 amide bonds. The zero-order valence-electron chi connectivity index (χ0n) is 10.9. The molecule has 2 N–H and O–H groups in total. The van der Waals surface area contributed by atoms with Crippen molar-refractivity contribution in [1.82, 2.24) is 10.3 Å². The van der Waals surface area contributed by atoms with Gasteiger partial charge in [-0.3, -0.25) is 4.79 Å². The Morgan fingerprint density at radius 3 is 2.68 bits per heavy atom. The van der Waals surface area contributed by atoms with Gasteiger partial charge >= 0.3 is 5.97 Å². The van der Waals surface area contributed by atoms with Crippen LogP contribution in [0.15, 0.2) is 0 Å². The van der Waals surface area contributed by atoms with Gasteiger partial charge in [-0.05, 0) is 6.92 Å². The van der Waals surface area contributed by atoms with Crippen LogP contribution >= 0.6 is 11.3 Å². The summed E-state index contributed by atoms with van der Waals surface area (Å²) in [6.45, 7) is 1.96. The molecule has 1 aromatic heterocycles. The largest absolute Gasteiger partial charge is 0.479 e. The summed E-state index contributed by atoms with van der Waals surface area (Å²) >= 11 is 1.22. The van der Waals surface area contributed by atoms with Crippen LogP contribution < -0.4 is 5.32 Å². The van der Waals surface area contributed by atoms with E-state index >= 15 is 0 Å². The highest BCUT2D eigenvalue weighted by atomic mass is 32.1. The van der Waals surface area contributed by atoms with Gasteiger partial charge in [-0.25, -0.2) is 9.78 Å². The second-order valence-corrected chi connectivity index (χ2v) is 4.81. The van der Waals surface area contributed by atoms with Crippen molar-refractivity contribution in [1.29, 1.82) is 0 Å². The number of ether oxygens (including phenoxy) is 2. The van der Waals surface area contributed by atoms with Gasteiger partial charge in [0.15, 0.2) is 6.10 Å². The summed E-state index contributed by atoms with van der Waals surface area (Å²) in [5, 5.41) is 12.0. The monoisotopic (exact) mass is 288 g/mol. The summed E-state index contributed by atoms with van der Waals surface area (Å²) in [4.78, 5) is 27.3. The van der Waals surface area contributed by atoms with Gasteiger partial charge in [-0.2, -0.15) is 0 Å². The number of carbonyl (C=O) groups excluding carboxylic acids is 1. The highest BCUT2D eigenvalue weighted by molar-refractivity contribution is 7.13. The van der Waals surface area contributed by atoms with Crippen LogP contribution in [0.25, 0.3) is 0 Å². The summed E-state index contributed by atoms with van der Waals surface area (Å²) in [5.41, 5.74) is 0.596. The number of aryl methyl sites for hydroxylation is 1. The third-order valence-electron chi connectivity index (χ3n) is 2.32. The topological polar surface area (TPSA) is 97.8 Å². The number of carboxylic acid groups (broad SMARTS) is 1. The molecule has 1 heterocycles. The average Bonchev–Trinajstić information content (AvgIpc) is 2.71. The maximum absolute atomic E-state index is 11.9. The highest BCUT2D eigenvalue weighted by Gasteiger charge is 2.20. The SMILES string of the molecule is COCc1nc(C)c(C(=O)NCC(OC)C(=O)O)s1. The molecule has 1 atom stereocenters. The first-order valence-corrected chi connectivity index (χ1v) is 6.30. The fourth-order valence-corrected chi connectivity index (χ4v) is 2.34. The molecule has 0 aliphatic carbocycles. The molecule has 0 fully saturated rings. The van der Waals surface area contributed by atoms with E-state index < -0.39 is 12.1 Å². The number of methoxy groups -OCH3 is 2. The Balaban J connectivity index is 2.65. The molecule has 0 aliphatic rings. The number of hydrogen-bond donors (Lipinski definition) is 2. The molecule has 19 heavy (non-hydrogen) atoms. The molecule has 8 heteroatoms. The highest BCUT2D eigenvalue weighted by Crippen LogP contribution is 2.18. The molecular weight excluding hydrogens is 272 g/mol. The Hall–Kier alpha value is -1.51. The Morgan fingerprint density at radius 2 is 2.16 bits per heavy atom. The van der Waals surface area contributed by atoms with Crippen molar-refractivity contribution in [2.45, 2.75) is 19.6 Å². The molecule has 1 aromatic rings. The third kappa shape index (κ3) is 4.27. The van der Waals surface area contributed by atoms with E-state index in [0.29, 0.717) is 22.2 Å². The van der Waals surface area contributed by atoms with Crippen molar-refractivity contribution in [2.24, 2.45) is 0 Å². The number of nitrogens with zero attached hydrogens (tertiary/aromatic N) is 1. The fraction of sp³-hybridized carbons (Fsp3) is 0.545. The van der Waals surface area contributed by atoms with Crippen molar-refractivity contribution in [3.05, 3.63) is 15.6 Å². The normalized spacial score (nSPS) is 12.2. The van der Waals surface area contributed by atoms with Gasteiger partial charge in [0, 0.05) is 14.2 Å². The van der Waals surface area contributed by atoms with Crippen molar-refractivity contribution < 1.29 is 24.2 Å². The van der Waals surface area contributed by atoms with Crippen molar-refractivity contribution >= 4 is 23.2 Å². The summed E-state index contributed by atoms with van der Waals surface area (Å²) in [5.74, 6) is -1.48. The predicted molar refractivity (Wildman–Crippen MR) is 68.3 cm³/mol. The van der Waals surface area contributed by atoms with Gasteiger partial charge in [-0.1, -0.05) is 0 Å². The summed E-state index contributed by atoms with van der Waals surface area (Å²) in [6, 6.07) is 0. The van der Waals surface area contributed by atoms with Gasteiger partial charge in [0.25, 0.3) is 5.91 Å². The lowest BCUT2D eigenvalue weighted by atomic mass is 10.3. The molecule has 1 unspecified atom stereocenters. The first-order chi connectivity index (χ1) is 8.99. The molecule has 0 saturated heterocycles. The molecule has 1 rings (SSSR count). The number of aliphatic carboxylic acids is 1. The second-order valence-electron chi connectivity index (χ2n) is 3.73. The Bertz CT molecular complexity index is 460. The smallest absolute Gasteiger partial charge is 0.334 e. The van der Waals surface area contributed by atoms with Crippen LogP contribution in [-0.4, -0.2) is 48.8 Å². The minimum atomic E-state index is -1.12. The van der Waals surface area contributed by atoms with E-state index in [1.807, 2.05) is 0 Å². The van der Waals surface area contributed by atoms with Crippen molar-refractivity contribution in [3.8, 4) is 0 Å². The van der Waals surface area contributed by atoms with E-state index in [0.717, 1.165) is 0 Å². The summed E-state index contributed by atoms with van der Waals surface area (Å²) < 4.78 is 9.67. The molecule has 0 aromatic carbocycles. The molecule has 0 radical (unpaired) electrons. The van der Waals surface area contributed by atoms with E-state index in [1.54, 1.807) is 14.0 Å². The van der Waals surface area contributed by atoms with Gasteiger partial charge in [-0.15, -0.1) is 11.3 Å². The lowest BCUT2D eigenvalue weighted by molar-refractivity contribution is -0.147. The lowest BCUT2D eigenvalue weighted by Gasteiger charge is -2.10. The zero-order chi connectivity index (χ0) is 14.4. The van der Waals surface area contributed by atoms with Gasteiger partial charge in [0.2, 0.25) is 0 Å². The predicted octanol–water partition coefficient (Wildman–Crippen LogP) is 0.427. The summed E-state index contributed by atoms with van der Waals surface area (Å²) in [7, 11) is 2.83. The molecule has 7 nitrogen and oxygen atoms in total. The van der Waals surface area contributed by atoms with E-state index in [4.69, 9.17) is 14.6 Å². The maximum Gasteiger partial charge on any atom is 0.334 e. The number of carboxylic acids is 1. The minimum Gasteiger partial charge on any atom is -0.479 e. The van der Waals surface area contributed by atoms with Crippen LogP contribution in [0.5, 0.6) is 0 Å². The minimum absolute atomic E-state index is 0.0956. The Kier molecular flexibility index (Phi) is 5.87. The van der Waals surface area contributed by atoms with E-state index in [1.165, 1.54) is 18.4 Å². The van der Waals surface area contributed by atoms with E-state index in [-0.39, 0.29) is 12.5 Å². The number of rotatable bonds is 7. The Morgan fingerprint density at radius 1 is 1.47 bits per heavy atom. The van der Waals surface area contributed by atoms with E-state index in [9.17, 15) is 9.59 Å². The fourth-order valence-electron chi connectivity index (χ4n) is 1.39. The number of aromatic nitrogens is 1. The maximum atomic E-state index is 11.9. The van der Waals surface area contributed by atoms with E-state index in [2.05, 4.69) is 10.3 Å². The Labute approximate surface area is 114 Å². The average molecular weight is 288 g/mol. The number of carbonyl (C=O) groups is 2. The van der Waals surface area contributed by atoms with Crippen LogP contribution in [0.4, 0.5) is 0 Å². The molecule has 0 spiro atoms. The second kappa shape index (κ2) is 7.17. The van der Waals surface area contributed by atoms with Crippen LogP contribution in [0.3, 0.4) is 0 Å². The quantitative estimate of drug-likeness (QED) is 0.755. The molecule has 0 bridgehead atoms. The van der Waals surface area contributed by atoms with Gasteiger partial charge in [0.1, 0.15) is 9.88 Å². The third-order valence-corrected chi connectivity index (χ3v) is 3.45. The number of hydrogen-bond acceptors (Lipinski definition) is 6. The van der Waals surface area contributed by atoms with Crippen molar-refractivity contribution in [3.63, 3.8) is 0 Å². The number of nitrogens with one attached hydrogen (secondary N) is 1. The van der Waals surface area contributed by atoms with Crippen LogP contribution in [0.1, 0.15) is 20.4 Å². The van der Waals surface area contributed by atoms with Crippen LogP contribution in [0, 0.1) is 6.92 Å². The standard InChI is InChI=1S/C11H16N2O5S/c1-6-9(19-8(13-6)5-17-2)10(14)12-4-7(18-3)11(15)16/h7H,4-5H2,1-3H3,(H,12,14)(H,15,16).